The maximum absolute atomic E-state index is 12.6. The SMILES string of the molecule is CCCc1c(OCCCOCCCOc2ccc3ccc(OCCCCCC(=O)O)cc3c2C(C)=O)ccc(C(C)=O)c1O. The number of carboxylic acids is 1. The smallest absolute Gasteiger partial charge is 0.303 e. The fraction of sp³-hybridized carbons (Fsp3) is 0.457. The second-order valence-corrected chi connectivity index (χ2v) is 10.7. The van der Waals surface area contributed by atoms with E-state index in [-0.39, 0.29) is 23.7 Å². The third-order valence-electron chi connectivity index (χ3n) is 7.11. The van der Waals surface area contributed by atoms with E-state index < -0.39 is 5.97 Å². The van der Waals surface area contributed by atoms with Crippen molar-refractivity contribution in [3.05, 3.63) is 59.2 Å². The molecule has 238 valence electrons. The maximum Gasteiger partial charge on any atom is 0.303 e. The van der Waals surface area contributed by atoms with Gasteiger partial charge in [0, 0.05) is 38.0 Å². The summed E-state index contributed by atoms with van der Waals surface area (Å²) in [5, 5.41) is 20.9. The number of hydrogen-bond donors (Lipinski definition) is 2. The van der Waals surface area contributed by atoms with Gasteiger partial charge >= 0.3 is 5.97 Å². The lowest BCUT2D eigenvalue weighted by Crippen LogP contribution is -2.09. The Hall–Kier alpha value is -4.11. The molecule has 3 aromatic carbocycles. The van der Waals surface area contributed by atoms with E-state index in [0.717, 1.165) is 30.0 Å². The molecular formula is C35H44O9. The Balaban J connectivity index is 1.43. The minimum absolute atomic E-state index is 0.00273. The van der Waals surface area contributed by atoms with Crippen molar-refractivity contribution in [3.8, 4) is 23.0 Å². The molecule has 0 aliphatic rings. The maximum atomic E-state index is 12.6. The van der Waals surface area contributed by atoms with Gasteiger partial charge in [0.05, 0.1) is 30.9 Å². The average molecular weight is 609 g/mol. The van der Waals surface area contributed by atoms with Gasteiger partial charge in [0.15, 0.2) is 11.6 Å². The van der Waals surface area contributed by atoms with Gasteiger partial charge in [0.2, 0.25) is 0 Å². The van der Waals surface area contributed by atoms with E-state index in [1.807, 2.05) is 37.3 Å². The van der Waals surface area contributed by atoms with Gasteiger partial charge in [-0.15, -0.1) is 0 Å². The molecule has 0 unspecified atom stereocenters. The van der Waals surface area contributed by atoms with Crippen LogP contribution in [0.2, 0.25) is 0 Å². The number of fused-ring (bicyclic) bond motifs is 1. The van der Waals surface area contributed by atoms with Gasteiger partial charge < -0.3 is 29.2 Å². The summed E-state index contributed by atoms with van der Waals surface area (Å²) in [5.74, 6) is 0.697. The molecule has 0 heterocycles. The molecule has 0 fully saturated rings. The summed E-state index contributed by atoms with van der Waals surface area (Å²) in [6, 6.07) is 12.7. The number of carboxylic acid groups (broad SMARTS) is 1. The standard InChI is InChI=1S/C35H44O9/c1-4-10-29-31(17-15-28(24(2)36)35(29)40)43-21-8-18-41-19-9-22-44-32-16-13-26-12-14-27(23-30(26)34(32)25(3)37)42-20-7-5-6-11-33(38)39/h12-17,23,40H,4-11,18-22H2,1-3H3,(H,38,39). The van der Waals surface area contributed by atoms with Crippen molar-refractivity contribution in [2.24, 2.45) is 0 Å². The molecule has 0 aliphatic carbocycles. The van der Waals surface area contributed by atoms with Gasteiger partial charge in [-0.05, 0) is 80.6 Å². The lowest BCUT2D eigenvalue weighted by atomic mass is 10.0. The molecule has 3 rings (SSSR count). The van der Waals surface area contributed by atoms with Crippen molar-refractivity contribution in [2.75, 3.05) is 33.0 Å². The van der Waals surface area contributed by atoms with Gasteiger partial charge in [0.25, 0.3) is 0 Å². The fourth-order valence-electron chi connectivity index (χ4n) is 4.91. The van der Waals surface area contributed by atoms with Crippen molar-refractivity contribution in [1.29, 1.82) is 0 Å². The summed E-state index contributed by atoms with van der Waals surface area (Å²) >= 11 is 0. The van der Waals surface area contributed by atoms with Gasteiger partial charge in [-0.3, -0.25) is 14.4 Å². The number of unbranched alkanes of at least 4 members (excludes halogenated alkanes) is 2. The Morgan fingerprint density at radius 3 is 2.05 bits per heavy atom. The minimum atomic E-state index is -0.788. The highest BCUT2D eigenvalue weighted by atomic mass is 16.5. The molecule has 0 bridgehead atoms. The first-order valence-electron chi connectivity index (χ1n) is 15.3. The van der Waals surface area contributed by atoms with Gasteiger partial charge in [-0.1, -0.05) is 25.5 Å². The number of rotatable bonds is 21. The number of Topliss-reactive ketones (excluding diaryl/α,β-unsaturated/α-hetero) is 2. The molecule has 0 aromatic heterocycles. The highest BCUT2D eigenvalue weighted by Crippen LogP contribution is 2.33. The van der Waals surface area contributed by atoms with Gasteiger partial charge in [0.1, 0.15) is 23.0 Å². The number of ether oxygens (including phenoxy) is 4. The van der Waals surface area contributed by atoms with Gasteiger partial charge in [-0.25, -0.2) is 0 Å². The van der Waals surface area contributed by atoms with E-state index in [1.165, 1.54) is 13.8 Å². The number of aromatic hydroxyl groups is 1. The zero-order valence-electron chi connectivity index (χ0n) is 26.0. The Labute approximate surface area is 259 Å². The summed E-state index contributed by atoms with van der Waals surface area (Å²) < 4.78 is 23.5. The third-order valence-corrected chi connectivity index (χ3v) is 7.11. The number of aliphatic carboxylic acids is 1. The van der Waals surface area contributed by atoms with Crippen LogP contribution in [0, 0.1) is 0 Å². The molecule has 0 saturated carbocycles. The summed E-state index contributed by atoms with van der Waals surface area (Å²) in [4.78, 5) is 35.0. The number of phenols is 1. The van der Waals surface area contributed by atoms with Crippen molar-refractivity contribution in [2.45, 2.75) is 72.1 Å². The number of ketones is 2. The molecule has 0 saturated heterocycles. The predicted octanol–water partition coefficient (Wildman–Crippen LogP) is 7.18. The topological polar surface area (TPSA) is 129 Å². The summed E-state index contributed by atoms with van der Waals surface area (Å²) in [7, 11) is 0. The monoisotopic (exact) mass is 608 g/mol. The van der Waals surface area contributed by atoms with Crippen LogP contribution in [0.15, 0.2) is 42.5 Å². The molecule has 3 aromatic rings. The van der Waals surface area contributed by atoms with E-state index in [2.05, 4.69) is 0 Å². The van der Waals surface area contributed by atoms with Crippen molar-refractivity contribution in [1.82, 2.24) is 0 Å². The summed E-state index contributed by atoms with van der Waals surface area (Å²) in [6.07, 6.45) is 5.05. The van der Waals surface area contributed by atoms with E-state index in [1.54, 1.807) is 12.1 Å². The van der Waals surface area contributed by atoms with E-state index in [0.29, 0.717) is 92.7 Å². The zero-order valence-corrected chi connectivity index (χ0v) is 26.0. The van der Waals surface area contributed by atoms with Crippen LogP contribution in [0.3, 0.4) is 0 Å². The molecule has 0 amide bonds. The molecule has 0 aliphatic heterocycles. The first-order chi connectivity index (χ1) is 21.2. The van der Waals surface area contributed by atoms with Crippen LogP contribution in [0.5, 0.6) is 23.0 Å². The van der Waals surface area contributed by atoms with Gasteiger partial charge in [-0.2, -0.15) is 0 Å². The van der Waals surface area contributed by atoms with Crippen LogP contribution in [-0.4, -0.2) is 60.8 Å². The first-order valence-corrected chi connectivity index (χ1v) is 15.3. The normalized spacial score (nSPS) is 11.0. The Morgan fingerprint density at radius 2 is 1.39 bits per heavy atom. The van der Waals surface area contributed by atoms with Crippen molar-refractivity contribution >= 4 is 28.3 Å². The molecule has 0 radical (unpaired) electrons. The molecule has 9 nitrogen and oxygen atoms in total. The minimum Gasteiger partial charge on any atom is -0.507 e. The van der Waals surface area contributed by atoms with Crippen molar-refractivity contribution in [3.63, 3.8) is 0 Å². The fourth-order valence-corrected chi connectivity index (χ4v) is 4.91. The number of benzene rings is 3. The Kier molecular flexibility index (Phi) is 14.0. The van der Waals surface area contributed by atoms with Crippen LogP contribution in [0.4, 0.5) is 0 Å². The number of hydrogen-bond acceptors (Lipinski definition) is 8. The first kappa shape index (κ1) is 34.4. The predicted molar refractivity (Wildman–Crippen MR) is 169 cm³/mol. The van der Waals surface area contributed by atoms with Crippen LogP contribution < -0.4 is 14.2 Å². The second kappa shape index (κ2) is 17.9. The molecule has 0 atom stereocenters. The van der Waals surface area contributed by atoms with E-state index in [9.17, 15) is 19.5 Å². The highest BCUT2D eigenvalue weighted by molar-refractivity contribution is 6.09. The van der Waals surface area contributed by atoms with Crippen LogP contribution >= 0.6 is 0 Å². The van der Waals surface area contributed by atoms with Crippen LogP contribution in [0.25, 0.3) is 10.8 Å². The Morgan fingerprint density at radius 1 is 0.727 bits per heavy atom. The lowest BCUT2D eigenvalue weighted by molar-refractivity contribution is -0.137. The average Bonchev–Trinajstić information content (AvgIpc) is 2.98. The third kappa shape index (κ3) is 10.3. The molecule has 9 heteroatoms. The van der Waals surface area contributed by atoms with E-state index in [4.69, 9.17) is 24.1 Å². The number of carbonyl (C=O) groups excluding carboxylic acids is 2. The summed E-state index contributed by atoms with van der Waals surface area (Å²) in [6.45, 7) is 7.22. The van der Waals surface area contributed by atoms with Crippen molar-refractivity contribution < 1.29 is 43.5 Å². The number of phenolic OH excluding ortho intramolecular Hbond substituents is 1. The largest absolute Gasteiger partial charge is 0.507 e. The Bertz CT molecular complexity index is 1410. The zero-order chi connectivity index (χ0) is 31.9. The lowest BCUT2D eigenvalue weighted by Gasteiger charge is -2.15. The van der Waals surface area contributed by atoms with E-state index >= 15 is 0 Å². The molecular weight excluding hydrogens is 564 g/mol. The molecule has 0 spiro atoms. The number of carbonyl (C=O) groups is 3. The molecule has 2 N–H and O–H groups in total. The van der Waals surface area contributed by atoms with Crippen LogP contribution in [0.1, 0.15) is 92.0 Å². The second-order valence-electron chi connectivity index (χ2n) is 10.7. The quantitative estimate of drug-likeness (QED) is 0.0954. The summed E-state index contributed by atoms with van der Waals surface area (Å²) in [5.41, 5.74) is 1.48. The highest BCUT2D eigenvalue weighted by Gasteiger charge is 2.16. The van der Waals surface area contributed by atoms with Crippen LogP contribution in [-0.2, 0) is 16.0 Å². The molecule has 44 heavy (non-hydrogen) atoms.